The molecule has 2 atom stereocenters. The first kappa shape index (κ1) is 13.0. The quantitative estimate of drug-likeness (QED) is 0.882. The molecule has 4 heteroatoms. The minimum absolute atomic E-state index is 0.0271. The minimum Gasteiger partial charge on any atom is -0.369 e. The molecule has 1 fully saturated rings. The zero-order chi connectivity index (χ0) is 12.8. The van der Waals surface area contributed by atoms with E-state index in [1.165, 1.54) is 4.88 Å². The van der Waals surface area contributed by atoms with E-state index in [1.807, 2.05) is 12.4 Å². The molecule has 17 heavy (non-hydrogen) atoms. The van der Waals surface area contributed by atoms with Gasteiger partial charge in [-0.2, -0.15) is 0 Å². The van der Waals surface area contributed by atoms with Gasteiger partial charge in [-0.05, 0) is 41.0 Å². The van der Waals surface area contributed by atoms with Crippen LogP contribution in [-0.4, -0.2) is 16.2 Å². The SMILES string of the molecule is Cc1ncsc1C(N)C1CC(C)(C)OC1(C)C. The molecule has 1 aliphatic rings. The van der Waals surface area contributed by atoms with Crippen LogP contribution >= 0.6 is 11.3 Å². The highest BCUT2D eigenvalue weighted by atomic mass is 32.1. The van der Waals surface area contributed by atoms with Crippen molar-refractivity contribution in [1.29, 1.82) is 0 Å². The van der Waals surface area contributed by atoms with Gasteiger partial charge in [-0.25, -0.2) is 4.98 Å². The van der Waals surface area contributed by atoms with Crippen molar-refractivity contribution in [2.45, 2.75) is 58.3 Å². The summed E-state index contributed by atoms with van der Waals surface area (Å²) in [5.74, 6) is 0.344. The summed E-state index contributed by atoms with van der Waals surface area (Å²) in [6.45, 7) is 10.6. The van der Waals surface area contributed by atoms with Gasteiger partial charge < -0.3 is 10.5 Å². The lowest BCUT2D eigenvalue weighted by atomic mass is 9.81. The van der Waals surface area contributed by atoms with E-state index in [9.17, 15) is 0 Å². The van der Waals surface area contributed by atoms with Crippen molar-refractivity contribution in [2.24, 2.45) is 11.7 Å². The lowest BCUT2D eigenvalue weighted by molar-refractivity contribution is -0.0766. The van der Waals surface area contributed by atoms with E-state index in [0.717, 1.165) is 12.1 Å². The second kappa shape index (κ2) is 4.04. The van der Waals surface area contributed by atoms with Crippen LogP contribution in [0.4, 0.5) is 0 Å². The van der Waals surface area contributed by atoms with Crippen LogP contribution in [0, 0.1) is 12.8 Å². The van der Waals surface area contributed by atoms with Crippen molar-refractivity contribution in [2.75, 3.05) is 0 Å². The van der Waals surface area contributed by atoms with Gasteiger partial charge in [-0.15, -0.1) is 11.3 Å². The second-order valence-corrected chi connectivity index (χ2v) is 6.99. The maximum atomic E-state index is 6.43. The Morgan fingerprint density at radius 3 is 2.53 bits per heavy atom. The molecule has 3 nitrogen and oxygen atoms in total. The zero-order valence-corrected chi connectivity index (χ0v) is 12.1. The molecular formula is C13H22N2OS. The maximum absolute atomic E-state index is 6.43. The molecule has 1 aromatic heterocycles. The number of rotatable bonds is 2. The summed E-state index contributed by atoms with van der Waals surface area (Å²) in [4.78, 5) is 5.49. The van der Waals surface area contributed by atoms with Crippen LogP contribution < -0.4 is 5.73 Å². The van der Waals surface area contributed by atoms with Crippen LogP contribution in [0.3, 0.4) is 0 Å². The van der Waals surface area contributed by atoms with E-state index in [0.29, 0.717) is 5.92 Å². The number of aromatic nitrogens is 1. The highest BCUT2D eigenvalue weighted by molar-refractivity contribution is 7.09. The Balaban J connectivity index is 2.26. The number of hydrogen-bond donors (Lipinski definition) is 1. The first-order chi connectivity index (χ1) is 7.73. The summed E-state index contributed by atoms with van der Waals surface area (Å²) in [6, 6.07) is 0.0271. The molecule has 1 aromatic rings. The normalized spacial score (nSPS) is 28.2. The molecule has 0 amide bonds. The van der Waals surface area contributed by atoms with Gasteiger partial charge in [-0.1, -0.05) is 0 Å². The van der Waals surface area contributed by atoms with Gasteiger partial charge in [0, 0.05) is 16.8 Å². The maximum Gasteiger partial charge on any atom is 0.0798 e. The van der Waals surface area contributed by atoms with Gasteiger partial charge in [0.25, 0.3) is 0 Å². The zero-order valence-electron chi connectivity index (χ0n) is 11.3. The van der Waals surface area contributed by atoms with Crippen LogP contribution in [0.15, 0.2) is 5.51 Å². The summed E-state index contributed by atoms with van der Waals surface area (Å²) in [5, 5.41) is 0. The Morgan fingerprint density at radius 1 is 1.47 bits per heavy atom. The molecule has 2 unspecified atom stereocenters. The van der Waals surface area contributed by atoms with Crippen LogP contribution in [0.2, 0.25) is 0 Å². The minimum atomic E-state index is -0.167. The molecule has 0 spiro atoms. The van der Waals surface area contributed by atoms with Crippen molar-refractivity contribution in [3.63, 3.8) is 0 Å². The summed E-state index contributed by atoms with van der Waals surface area (Å²) >= 11 is 1.65. The molecule has 0 radical (unpaired) electrons. The van der Waals surface area contributed by atoms with Gasteiger partial charge in [-0.3, -0.25) is 0 Å². The first-order valence-electron chi connectivity index (χ1n) is 6.09. The number of aryl methyl sites for hydroxylation is 1. The highest BCUT2D eigenvalue weighted by Crippen LogP contribution is 2.47. The van der Waals surface area contributed by atoms with Gasteiger partial charge >= 0.3 is 0 Å². The first-order valence-corrected chi connectivity index (χ1v) is 6.97. The molecule has 0 aromatic carbocycles. The van der Waals surface area contributed by atoms with Crippen LogP contribution in [-0.2, 0) is 4.74 Å². The third-order valence-corrected chi connectivity index (χ3v) is 4.69. The number of thiazole rings is 1. The van der Waals surface area contributed by atoms with Crippen molar-refractivity contribution in [1.82, 2.24) is 4.98 Å². The fourth-order valence-corrected chi connectivity index (χ4v) is 3.85. The second-order valence-electron chi connectivity index (χ2n) is 6.10. The highest BCUT2D eigenvalue weighted by Gasteiger charge is 2.48. The van der Waals surface area contributed by atoms with E-state index < -0.39 is 0 Å². The Labute approximate surface area is 107 Å². The largest absolute Gasteiger partial charge is 0.369 e. The third kappa shape index (κ3) is 2.39. The van der Waals surface area contributed by atoms with E-state index in [4.69, 9.17) is 10.5 Å². The van der Waals surface area contributed by atoms with Crippen LogP contribution in [0.5, 0.6) is 0 Å². The van der Waals surface area contributed by atoms with Crippen molar-refractivity contribution < 1.29 is 4.74 Å². The van der Waals surface area contributed by atoms with E-state index in [2.05, 4.69) is 32.7 Å². The van der Waals surface area contributed by atoms with Gasteiger partial charge in [0.2, 0.25) is 0 Å². The molecule has 2 rings (SSSR count). The Kier molecular flexibility index (Phi) is 3.09. The molecule has 2 N–H and O–H groups in total. The van der Waals surface area contributed by atoms with Gasteiger partial charge in [0.15, 0.2) is 0 Å². The van der Waals surface area contributed by atoms with Crippen molar-refractivity contribution in [3.8, 4) is 0 Å². The third-order valence-electron chi connectivity index (χ3n) is 3.66. The fraction of sp³-hybridized carbons (Fsp3) is 0.769. The summed E-state index contributed by atoms with van der Waals surface area (Å²) < 4.78 is 6.11. The molecule has 0 aliphatic carbocycles. The molecule has 96 valence electrons. The van der Waals surface area contributed by atoms with Crippen LogP contribution in [0.1, 0.15) is 50.7 Å². The molecule has 1 saturated heterocycles. The molecular weight excluding hydrogens is 232 g/mol. The predicted molar refractivity (Wildman–Crippen MR) is 71.1 cm³/mol. The Morgan fingerprint density at radius 2 is 2.12 bits per heavy atom. The van der Waals surface area contributed by atoms with Gasteiger partial charge in [0.1, 0.15) is 0 Å². The van der Waals surface area contributed by atoms with Crippen LogP contribution in [0.25, 0.3) is 0 Å². The average molecular weight is 254 g/mol. The molecule has 2 heterocycles. The number of nitrogens with two attached hydrogens (primary N) is 1. The summed E-state index contributed by atoms with van der Waals surface area (Å²) in [6.07, 6.45) is 0.999. The Hall–Kier alpha value is -0.450. The number of hydrogen-bond acceptors (Lipinski definition) is 4. The average Bonchev–Trinajstić information content (AvgIpc) is 2.66. The standard InChI is InChI=1S/C13H22N2OS/c1-8-11(17-7-15-8)10(14)9-6-12(2,3)16-13(9,4)5/h7,9-10H,6,14H2,1-5H3. The topological polar surface area (TPSA) is 48.1 Å². The van der Waals surface area contributed by atoms with E-state index >= 15 is 0 Å². The summed E-state index contributed by atoms with van der Waals surface area (Å²) in [5.41, 5.74) is 9.12. The van der Waals surface area contributed by atoms with Gasteiger partial charge in [0.05, 0.1) is 22.4 Å². The Bertz CT molecular complexity index is 411. The molecule has 1 aliphatic heterocycles. The lowest BCUT2D eigenvalue weighted by Gasteiger charge is -2.30. The smallest absolute Gasteiger partial charge is 0.0798 e. The number of ether oxygens (including phenoxy) is 1. The molecule has 0 bridgehead atoms. The van der Waals surface area contributed by atoms with E-state index in [1.54, 1.807) is 11.3 Å². The predicted octanol–water partition coefficient (Wildman–Crippen LogP) is 3.05. The lowest BCUT2D eigenvalue weighted by Crippen LogP contribution is -2.35. The fourth-order valence-electron chi connectivity index (χ4n) is 2.98. The van der Waals surface area contributed by atoms with Crippen molar-refractivity contribution in [3.05, 3.63) is 16.1 Å². The van der Waals surface area contributed by atoms with E-state index in [-0.39, 0.29) is 17.2 Å². The summed E-state index contributed by atoms with van der Waals surface area (Å²) in [7, 11) is 0. The van der Waals surface area contributed by atoms with Crippen molar-refractivity contribution >= 4 is 11.3 Å². The molecule has 0 saturated carbocycles. The number of nitrogens with zero attached hydrogens (tertiary/aromatic N) is 1. The monoisotopic (exact) mass is 254 g/mol.